The van der Waals surface area contributed by atoms with Crippen LogP contribution in [0.3, 0.4) is 0 Å². The molecule has 56 heavy (non-hydrogen) atoms. The molecule has 1 saturated carbocycles. The first-order chi connectivity index (χ1) is 26.8. The number of allylic oxidation sites excluding steroid dienone is 1. The van der Waals surface area contributed by atoms with Crippen molar-refractivity contribution in [2.45, 2.75) is 53.4 Å². The predicted molar refractivity (Wildman–Crippen MR) is 233 cm³/mol. The van der Waals surface area contributed by atoms with Crippen LogP contribution in [0.15, 0.2) is 162 Å². The van der Waals surface area contributed by atoms with Crippen LogP contribution in [0.1, 0.15) is 51.8 Å². The van der Waals surface area contributed by atoms with Gasteiger partial charge in [0.2, 0.25) is 0 Å². The van der Waals surface area contributed by atoms with Crippen molar-refractivity contribution in [3.8, 4) is 0 Å². The lowest BCUT2D eigenvalue weighted by molar-refractivity contribution is 0.899. The maximum absolute atomic E-state index is 4.32. The van der Waals surface area contributed by atoms with Gasteiger partial charge in [0.05, 0.1) is 34.2 Å². The van der Waals surface area contributed by atoms with Crippen LogP contribution in [-0.2, 0) is 12.8 Å². The Labute approximate surface area is 333 Å². The highest BCUT2D eigenvalue weighted by atomic mass is 32.1. The van der Waals surface area contributed by atoms with Gasteiger partial charge in [-0.05, 0) is 96.7 Å². The first-order valence-corrected chi connectivity index (χ1v) is 19.1. The molecule has 1 fully saturated rings. The molecular weight excluding hydrogens is 711 g/mol. The summed E-state index contributed by atoms with van der Waals surface area (Å²) >= 11 is 1.66. The number of benzene rings is 2. The molecule has 8 aromatic rings. The second kappa shape index (κ2) is 21.6. The summed E-state index contributed by atoms with van der Waals surface area (Å²) < 4.78 is 3.12. The van der Waals surface area contributed by atoms with Crippen molar-refractivity contribution in [1.29, 1.82) is 0 Å². The first-order valence-electron chi connectivity index (χ1n) is 18.2. The number of thiophene rings is 1. The number of pyridine rings is 2. The summed E-state index contributed by atoms with van der Waals surface area (Å²) in [5, 5.41) is 5.51. The van der Waals surface area contributed by atoms with Gasteiger partial charge in [0, 0.05) is 54.0 Å². The number of hydrogen-bond donors (Lipinski definition) is 0. The fraction of sp³-hybridized carbons (Fsp3) is 0.217. The Morgan fingerprint density at radius 2 is 1.39 bits per heavy atom. The molecule has 12 rings (SSSR count). The van der Waals surface area contributed by atoms with E-state index < -0.39 is 0 Å². The zero-order valence-corrected chi connectivity index (χ0v) is 30.8. The standard InChI is InChI=1S/C8H6N2.C8H9N.C8H7N.C7H6N2.C7H9N.C6H4N2S.2CH4/c1-2-4-8-7(3-1)5-9-6-10-8;1-3-7-4-2-6-9-8(7)5-1;1-2-4-8-7(3-1)5-6-9-8;1-2-5-9-6-4-8-7(9)3-1;1-2-6-4-5-8-7(6)3-1;1-2-9-6-3-7-4-8-5(1)6;;/h1-6H;2,4,6H,1,3,5H2;1-5H,6H2;1-6H;4H,1-3,5H2;1-4H;2*1H4. The zero-order valence-electron chi connectivity index (χ0n) is 30.0. The van der Waals surface area contributed by atoms with Crippen LogP contribution in [0.5, 0.6) is 0 Å². The molecule has 0 atom stereocenters. The number of aromatic nitrogens is 7. The molecule has 0 amide bonds. The van der Waals surface area contributed by atoms with Crippen LogP contribution in [-0.4, -0.2) is 53.1 Å². The Morgan fingerprint density at radius 1 is 0.589 bits per heavy atom. The molecule has 0 radical (unpaired) electrons. The molecule has 10 heteroatoms. The van der Waals surface area contributed by atoms with Crippen LogP contribution in [0.25, 0.3) is 32.8 Å². The van der Waals surface area contributed by atoms with E-state index in [1.165, 1.54) is 66.3 Å². The minimum atomic E-state index is 0. The van der Waals surface area contributed by atoms with Crippen molar-refractivity contribution < 1.29 is 0 Å². The average Bonchev–Trinajstić information content (AvgIpc) is 4.09. The van der Waals surface area contributed by atoms with Gasteiger partial charge in [-0.15, -0.1) is 11.3 Å². The predicted octanol–water partition coefficient (Wildman–Crippen LogP) is 9.15. The molecule has 2 aliphatic heterocycles. The van der Waals surface area contributed by atoms with Crippen molar-refractivity contribution in [2.75, 3.05) is 13.1 Å². The van der Waals surface area contributed by atoms with Crippen LogP contribution < -0.4 is 10.6 Å². The maximum Gasteiger partial charge on any atom is 0.136 e. The Morgan fingerprint density at radius 3 is 2.23 bits per heavy atom. The zero-order chi connectivity index (χ0) is 36.6. The van der Waals surface area contributed by atoms with E-state index in [0.29, 0.717) is 0 Å². The lowest BCUT2D eigenvalue weighted by Crippen LogP contribution is -2.19. The van der Waals surface area contributed by atoms with Gasteiger partial charge in [0.15, 0.2) is 0 Å². The summed E-state index contributed by atoms with van der Waals surface area (Å²) in [7, 11) is 0. The third-order valence-corrected chi connectivity index (χ3v) is 9.89. The van der Waals surface area contributed by atoms with E-state index >= 15 is 0 Å². The fourth-order valence-electron chi connectivity index (χ4n) is 6.34. The van der Waals surface area contributed by atoms with Crippen molar-refractivity contribution in [3.63, 3.8) is 0 Å². The van der Waals surface area contributed by atoms with E-state index in [1.54, 1.807) is 30.2 Å². The van der Waals surface area contributed by atoms with Gasteiger partial charge in [-0.2, -0.15) is 0 Å². The first kappa shape index (κ1) is 40.9. The van der Waals surface area contributed by atoms with Gasteiger partial charge >= 0.3 is 0 Å². The normalized spacial score (nSPS) is 13.4. The van der Waals surface area contributed by atoms with E-state index in [4.69, 9.17) is 0 Å². The number of aryl methyl sites for hydroxylation is 2. The van der Waals surface area contributed by atoms with Crippen molar-refractivity contribution >= 4 is 49.9 Å². The van der Waals surface area contributed by atoms with Crippen LogP contribution in [0.4, 0.5) is 0 Å². The van der Waals surface area contributed by atoms with Gasteiger partial charge in [-0.25, -0.2) is 24.9 Å². The topological polar surface area (TPSA) is 106 Å². The summed E-state index contributed by atoms with van der Waals surface area (Å²) in [5.41, 5.74) is 8.73. The van der Waals surface area contributed by atoms with E-state index in [-0.39, 0.29) is 14.9 Å². The third kappa shape index (κ3) is 11.4. The number of fused-ring (bicyclic) bond motifs is 6. The molecular formula is C46H49N9S. The smallest absolute Gasteiger partial charge is 0.136 e. The molecule has 0 spiro atoms. The molecule has 6 aromatic heterocycles. The average molecular weight is 760 g/mol. The molecule has 9 nitrogen and oxygen atoms in total. The Balaban J connectivity index is 0.000000128. The van der Waals surface area contributed by atoms with Gasteiger partial charge in [0.1, 0.15) is 18.3 Å². The number of para-hydroxylation sites is 2. The van der Waals surface area contributed by atoms with Crippen molar-refractivity contribution in [1.82, 2.24) is 34.3 Å². The highest BCUT2D eigenvalue weighted by Crippen LogP contribution is 2.24. The summed E-state index contributed by atoms with van der Waals surface area (Å²) in [6.07, 6.45) is 26.3. The molecule has 2 aromatic carbocycles. The highest BCUT2D eigenvalue weighted by Gasteiger charge is 2.16. The van der Waals surface area contributed by atoms with Crippen molar-refractivity contribution in [2.24, 2.45) is 9.98 Å². The van der Waals surface area contributed by atoms with E-state index in [0.717, 1.165) is 45.2 Å². The second-order valence-electron chi connectivity index (χ2n) is 12.6. The van der Waals surface area contributed by atoms with Gasteiger partial charge < -0.3 is 4.40 Å². The molecule has 2 aliphatic carbocycles. The molecule has 0 saturated heterocycles. The van der Waals surface area contributed by atoms with Crippen LogP contribution >= 0.6 is 11.3 Å². The highest BCUT2D eigenvalue weighted by molar-refractivity contribution is 7.17. The quantitative estimate of drug-likeness (QED) is 0.153. The lowest BCUT2D eigenvalue weighted by Gasteiger charge is -1.92. The van der Waals surface area contributed by atoms with Gasteiger partial charge in [-0.1, -0.05) is 75.5 Å². The third-order valence-electron chi connectivity index (χ3n) is 9.05. The minimum Gasteiger partial charge on any atom is -0.307 e. The number of imidazole rings is 1. The summed E-state index contributed by atoms with van der Waals surface area (Å²) in [4.78, 5) is 32.8. The number of nitrogens with zero attached hydrogens (tertiary/aromatic N) is 9. The molecule has 8 heterocycles. The largest absolute Gasteiger partial charge is 0.307 e. The van der Waals surface area contributed by atoms with Gasteiger partial charge in [-0.3, -0.25) is 15.0 Å². The Hall–Kier alpha value is -6.26. The fourth-order valence-corrected chi connectivity index (χ4v) is 7.04. The number of hydrogen-bond acceptors (Lipinski definition) is 9. The van der Waals surface area contributed by atoms with Crippen LogP contribution in [0.2, 0.25) is 0 Å². The Kier molecular flexibility index (Phi) is 15.8. The molecule has 284 valence electrons. The second-order valence-corrected chi connectivity index (χ2v) is 13.6. The number of aliphatic imine (C=N–C) groups is 1. The van der Waals surface area contributed by atoms with E-state index in [9.17, 15) is 0 Å². The summed E-state index contributed by atoms with van der Waals surface area (Å²) in [6.45, 7) is 1.82. The van der Waals surface area contributed by atoms with E-state index in [2.05, 4.69) is 64.2 Å². The van der Waals surface area contributed by atoms with Gasteiger partial charge in [0.25, 0.3) is 0 Å². The van der Waals surface area contributed by atoms with Crippen molar-refractivity contribution in [3.05, 3.63) is 174 Å². The van der Waals surface area contributed by atoms with Crippen LogP contribution in [0, 0.1) is 0 Å². The van der Waals surface area contributed by atoms with E-state index in [1.807, 2.05) is 114 Å². The SMILES string of the molecule is C.C.C1=C2CCCC2=NC1.C1=c2ccccc2=NC1.c1ccc2ncncc2c1.c1ccn2ccnc2c1.c1cnc2c(c1)CCC2.c1ncc2sccc2n1. The molecule has 0 unspecified atom stereocenters. The molecule has 4 aliphatic rings. The molecule has 0 bridgehead atoms. The Bertz CT molecular complexity index is 2340. The minimum absolute atomic E-state index is 0. The summed E-state index contributed by atoms with van der Waals surface area (Å²) in [6, 6.07) is 28.2. The lowest BCUT2D eigenvalue weighted by atomic mass is 10.2. The monoisotopic (exact) mass is 759 g/mol. The number of rotatable bonds is 0. The maximum atomic E-state index is 4.32. The summed E-state index contributed by atoms with van der Waals surface area (Å²) in [5.74, 6) is 0. The molecule has 0 N–H and O–H groups in total.